The molecule has 0 radical (unpaired) electrons. The van der Waals surface area contributed by atoms with Gasteiger partial charge in [-0.25, -0.2) is 10.9 Å². The number of nitrogens with zero attached hydrogens (tertiary/aromatic N) is 2. The second-order valence-electron chi connectivity index (χ2n) is 5.16. The van der Waals surface area contributed by atoms with E-state index < -0.39 is 0 Å². The fraction of sp³-hybridized carbons (Fsp3) is 0.615. The molecule has 1 aliphatic carbocycles. The summed E-state index contributed by atoms with van der Waals surface area (Å²) in [5.74, 6) is 6.41. The summed E-state index contributed by atoms with van der Waals surface area (Å²) in [7, 11) is 0. The van der Waals surface area contributed by atoms with Crippen LogP contribution in [0.3, 0.4) is 0 Å². The van der Waals surface area contributed by atoms with Crippen molar-refractivity contribution in [1.82, 2.24) is 4.98 Å². The van der Waals surface area contributed by atoms with Crippen LogP contribution in [0.25, 0.3) is 0 Å². The molecule has 0 amide bonds. The Morgan fingerprint density at radius 1 is 1.35 bits per heavy atom. The molecule has 0 atom stereocenters. The summed E-state index contributed by atoms with van der Waals surface area (Å²) in [4.78, 5) is 11.9. The summed E-state index contributed by atoms with van der Waals surface area (Å²) in [6.45, 7) is 2.87. The molecule has 2 fully saturated rings. The molecule has 17 heavy (non-hydrogen) atoms. The van der Waals surface area contributed by atoms with Crippen molar-refractivity contribution in [2.75, 3.05) is 24.6 Å². The third kappa shape index (κ3) is 1.91. The zero-order valence-corrected chi connectivity index (χ0v) is 10.1. The highest BCUT2D eigenvalue weighted by Crippen LogP contribution is 2.50. The number of pyridine rings is 1. The molecule has 4 nitrogen and oxygen atoms in total. The van der Waals surface area contributed by atoms with Crippen molar-refractivity contribution in [3.8, 4) is 0 Å². The molecule has 1 aliphatic heterocycles. The molecule has 92 valence electrons. The van der Waals surface area contributed by atoms with Gasteiger partial charge in [0.15, 0.2) is 0 Å². The first-order valence-electron chi connectivity index (χ1n) is 6.38. The van der Waals surface area contributed by atoms with Crippen LogP contribution in [0.5, 0.6) is 0 Å². The summed E-state index contributed by atoms with van der Waals surface area (Å²) in [6.07, 6.45) is 6.76. The summed E-state index contributed by atoms with van der Waals surface area (Å²) in [6, 6.07) is 4.21. The molecule has 4 heteroatoms. The van der Waals surface area contributed by atoms with Gasteiger partial charge >= 0.3 is 0 Å². The number of anilines is 1. The molecule has 2 N–H and O–H groups in total. The molecule has 1 aromatic rings. The minimum atomic E-state index is 0.140. The highest BCUT2D eigenvalue weighted by atomic mass is 16.6. The first-order chi connectivity index (χ1) is 8.36. The predicted molar refractivity (Wildman–Crippen MR) is 66.7 cm³/mol. The van der Waals surface area contributed by atoms with Crippen molar-refractivity contribution in [3.63, 3.8) is 0 Å². The van der Waals surface area contributed by atoms with E-state index in [1.54, 1.807) is 0 Å². The van der Waals surface area contributed by atoms with Crippen molar-refractivity contribution in [2.45, 2.75) is 31.1 Å². The number of hydrogen-bond acceptors (Lipinski definition) is 4. The van der Waals surface area contributed by atoms with E-state index in [2.05, 4.69) is 16.0 Å². The largest absolute Gasteiger partial charge is 0.356 e. The Labute approximate surface area is 102 Å². The lowest BCUT2D eigenvalue weighted by Crippen LogP contribution is -2.26. The normalized spacial score (nSPS) is 21.8. The molecule has 2 aliphatic rings. The molecule has 1 aromatic heterocycles. The van der Waals surface area contributed by atoms with Gasteiger partial charge in [0, 0.05) is 30.3 Å². The van der Waals surface area contributed by atoms with Crippen LogP contribution in [0.1, 0.15) is 31.2 Å². The molecule has 3 rings (SSSR count). The van der Waals surface area contributed by atoms with E-state index in [-0.39, 0.29) is 5.41 Å². The monoisotopic (exact) mass is 233 g/mol. The summed E-state index contributed by atoms with van der Waals surface area (Å²) in [5, 5.41) is 0. The lowest BCUT2D eigenvalue weighted by molar-refractivity contribution is 0.116. The molecule has 0 spiro atoms. The van der Waals surface area contributed by atoms with Crippen LogP contribution in [-0.2, 0) is 10.3 Å². The zero-order chi connectivity index (χ0) is 11.7. The van der Waals surface area contributed by atoms with E-state index in [9.17, 15) is 0 Å². The average Bonchev–Trinajstić information content (AvgIpc) is 2.94. The number of aromatic nitrogens is 1. The van der Waals surface area contributed by atoms with Crippen LogP contribution in [0.15, 0.2) is 18.3 Å². The van der Waals surface area contributed by atoms with Crippen LogP contribution in [0, 0.1) is 0 Å². The number of nitrogens with two attached hydrogens (primary N) is 1. The van der Waals surface area contributed by atoms with Gasteiger partial charge in [-0.1, -0.05) is 6.07 Å². The Kier molecular flexibility index (Phi) is 2.76. The van der Waals surface area contributed by atoms with E-state index in [1.165, 1.54) is 18.4 Å². The van der Waals surface area contributed by atoms with Gasteiger partial charge in [-0.3, -0.25) is 0 Å². The summed E-state index contributed by atoms with van der Waals surface area (Å²) >= 11 is 0. The summed E-state index contributed by atoms with van der Waals surface area (Å²) < 4.78 is 0. The van der Waals surface area contributed by atoms with Gasteiger partial charge in [0.1, 0.15) is 5.82 Å². The molecule has 2 heterocycles. The van der Waals surface area contributed by atoms with Gasteiger partial charge in [0.25, 0.3) is 0 Å². The Bertz CT molecular complexity index is 397. The van der Waals surface area contributed by atoms with E-state index in [0.29, 0.717) is 6.61 Å². The molecule has 1 saturated heterocycles. The molecule has 0 aromatic carbocycles. The van der Waals surface area contributed by atoms with Gasteiger partial charge in [0.05, 0.1) is 6.61 Å². The SMILES string of the molecule is NOCC1(c2cccnc2N2CCCC2)CC1. The second-order valence-corrected chi connectivity index (χ2v) is 5.16. The average molecular weight is 233 g/mol. The van der Waals surface area contributed by atoms with E-state index >= 15 is 0 Å². The van der Waals surface area contributed by atoms with Gasteiger partial charge in [0.2, 0.25) is 0 Å². The maximum Gasteiger partial charge on any atom is 0.132 e. The Hall–Kier alpha value is -1.13. The van der Waals surface area contributed by atoms with Gasteiger partial charge < -0.3 is 9.74 Å². The Morgan fingerprint density at radius 3 is 2.76 bits per heavy atom. The minimum absolute atomic E-state index is 0.140. The van der Waals surface area contributed by atoms with Crippen molar-refractivity contribution < 1.29 is 4.84 Å². The quantitative estimate of drug-likeness (QED) is 0.803. The standard InChI is InChI=1S/C13H19N3O/c14-17-10-13(5-6-13)11-4-3-7-15-12(11)16-8-1-2-9-16/h3-4,7H,1-2,5-6,8-10,14H2. The van der Waals surface area contributed by atoms with Gasteiger partial charge in [-0.2, -0.15) is 0 Å². The second kappa shape index (κ2) is 4.27. The molecular formula is C13H19N3O. The lowest BCUT2D eigenvalue weighted by atomic mass is 9.97. The smallest absolute Gasteiger partial charge is 0.132 e. The third-order valence-corrected chi connectivity index (χ3v) is 3.98. The van der Waals surface area contributed by atoms with Crippen LogP contribution < -0.4 is 10.8 Å². The predicted octanol–water partition coefficient (Wildman–Crippen LogP) is 1.60. The van der Waals surface area contributed by atoms with Crippen LogP contribution in [0.4, 0.5) is 5.82 Å². The van der Waals surface area contributed by atoms with Crippen LogP contribution >= 0.6 is 0 Å². The maximum atomic E-state index is 5.26. The van der Waals surface area contributed by atoms with Crippen molar-refractivity contribution in [2.24, 2.45) is 5.90 Å². The van der Waals surface area contributed by atoms with Crippen LogP contribution in [-0.4, -0.2) is 24.7 Å². The Morgan fingerprint density at radius 2 is 2.12 bits per heavy atom. The highest BCUT2D eigenvalue weighted by molar-refractivity contribution is 5.53. The Balaban J connectivity index is 1.93. The molecule has 1 saturated carbocycles. The minimum Gasteiger partial charge on any atom is -0.356 e. The fourth-order valence-electron chi connectivity index (χ4n) is 2.79. The highest BCUT2D eigenvalue weighted by Gasteiger charge is 2.47. The van der Waals surface area contributed by atoms with Crippen molar-refractivity contribution >= 4 is 5.82 Å². The maximum absolute atomic E-state index is 5.26. The van der Waals surface area contributed by atoms with Crippen LogP contribution in [0.2, 0.25) is 0 Å². The van der Waals surface area contributed by atoms with Gasteiger partial charge in [-0.05, 0) is 31.7 Å². The third-order valence-electron chi connectivity index (χ3n) is 3.98. The topological polar surface area (TPSA) is 51.4 Å². The molecule has 0 bridgehead atoms. The molecular weight excluding hydrogens is 214 g/mol. The van der Waals surface area contributed by atoms with E-state index in [1.807, 2.05) is 12.3 Å². The lowest BCUT2D eigenvalue weighted by Gasteiger charge is -2.24. The number of rotatable bonds is 4. The van der Waals surface area contributed by atoms with Crippen molar-refractivity contribution in [1.29, 1.82) is 0 Å². The fourth-order valence-corrected chi connectivity index (χ4v) is 2.79. The first-order valence-corrected chi connectivity index (χ1v) is 6.38. The zero-order valence-electron chi connectivity index (χ0n) is 10.1. The van der Waals surface area contributed by atoms with E-state index in [0.717, 1.165) is 31.7 Å². The van der Waals surface area contributed by atoms with Gasteiger partial charge in [-0.15, -0.1) is 0 Å². The summed E-state index contributed by atoms with van der Waals surface area (Å²) in [5.41, 5.74) is 1.47. The molecule has 0 unspecified atom stereocenters. The van der Waals surface area contributed by atoms with E-state index in [4.69, 9.17) is 10.7 Å². The first kappa shape index (κ1) is 11.0. The van der Waals surface area contributed by atoms with Crippen molar-refractivity contribution in [3.05, 3.63) is 23.9 Å². The number of hydrogen-bond donors (Lipinski definition) is 1.